The van der Waals surface area contributed by atoms with Gasteiger partial charge in [0.05, 0.1) is 43.5 Å². The third kappa shape index (κ3) is 3.05. The number of nitrogens with one attached hydrogen (secondary N) is 1. The first kappa shape index (κ1) is 16.3. The Kier molecular flexibility index (Phi) is 4.03. The van der Waals surface area contributed by atoms with Crippen LogP contribution in [0.3, 0.4) is 0 Å². The molecule has 0 saturated carbocycles. The second-order valence-electron chi connectivity index (χ2n) is 6.03. The molecule has 0 fully saturated rings. The molecule has 1 unspecified atom stereocenters. The summed E-state index contributed by atoms with van der Waals surface area (Å²) in [6.07, 6.45) is 0. The van der Waals surface area contributed by atoms with Crippen molar-refractivity contribution in [3.8, 4) is 10.6 Å². The van der Waals surface area contributed by atoms with E-state index in [-0.39, 0.29) is 5.75 Å². The molecule has 0 spiro atoms. The SMILES string of the molecule is O=S(Cc1nc2ccccc2[nH]1)c1nc2ccccc2nc1-c1cccs1. The van der Waals surface area contributed by atoms with Crippen molar-refractivity contribution in [1.82, 2.24) is 19.9 Å². The minimum absolute atomic E-state index is 0.264. The van der Waals surface area contributed by atoms with Crippen LogP contribution in [0.2, 0.25) is 0 Å². The van der Waals surface area contributed by atoms with E-state index in [0.717, 1.165) is 26.9 Å². The standard InChI is InChI=1S/C20H14N4OS2/c25-27(12-18-21-13-6-1-2-7-14(13)22-18)20-19(17-10-5-11-26-17)23-15-8-3-4-9-16(15)24-20/h1-11H,12H2,(H,21,22). The molecule has 0 bridgehead atoms. The number of aromatic nitrogens is 4. The Morgan fingerprint density at radius 2 is 1.59 bits per heavy atom. The predicted octanol–water partition coefficient (Wildman–Crippen LogP) is 4.54. The van der Waals surface area contributed by atoms with Gasteiger partial charge < -0.3 is 4.98 Å². The number of thiophene rings is 1. The molecule has 27 heavy (non-hydrogen) atoms. The Balaban J connectivity index is 1.60. The lowest BCUT2D eigenvalue weighted by Gasteiger charge is -2.08. The smallest absolute Gasteiger partial charge is 0.155 e. The molecule has 5 nitrogen and oxygen atoms in total. The molecule has 1 atom stereocenters. The maximum absolute atomic E-state index is 13.2. The molecule has 0 aliphatic carbocycles. The Labute approximate surface area is 161 Å². The van der Waals surface area contributed by atoms with Crippen LogP contribution in [-0.4, -0.2) is 24.1 Å². The van der Waals surface area contributed by atoms with Gasteiger partial charge in [-0.25, -0.2) is 15.0 Å². The van der Waals surface area contributed by atoms with Crippen molar-refractivity contribution in [1.29, 1.82) is 0 Å². The van der Waals surface area contributed by atoms with Gasteiger partial charge in [-0.15, -0.1) is 11.3 Å². The second kappa shape index (κ2) is 6.68. The van der Waals surface area contributed by atoms with Crippen molar-refractivity contribution < 1.29 is 4.21 Å². The number of nitrogens with zero attached hydrogens (tertiary/aromatic N) is 3. The van der Waals surface area contributed by atoms with Crippen molar-refractivity contribution in [2.75, 3.05) is 0 Å². The number of H-pyrrole nitrogens is 1. The lowest BCUT2D eigenvalue weighted by Crippen LogP contribution is -2.05. The van der Waals surface area contributed by atoms with Gasteiger partial charge in [-0.3, -0.25) is 4.21 Å². The van der Waals surface area contributed by atoms with Crippen LogP contribution in [0.15, 0.2) is 71.1 Å². The van der Waals surface area contributed by atoms with E-state index in [0.29, 0.717) is 16.5 Å². The molecule has 1 N–H and O–H groups in total. The summed E-state index contributed by atoms with van der Waals surface area (Å²) in [5.74, 6) is 0.946. The van der Waals surface area contributed by atoms with Gasteiger partial charge in [0.2, 0.25) is 0 Å². The first-order valence-electron chi connectivity index (χ1n) is 8.40. The zero-order chi connectivity index (χ0) is 18.2. The minimum atomic E-state index is -1.37. The van der Waals surface area contributed by atoms with Gasteiger partial charge in [0.15, 0.2) is 5.03 Å². The molecule has 7 heteroatoms. The number of imidazole rings is 1. The summed E-state index contributed by atoms with van der Waals surface area (Å²) in [6.45, 7) is 0. The van der Waals surface area contributed by atoms with Gasteiger partial charge in [-0.1, -0.05) is 30.3 Å². The topological polar surface area (TPSA) is 71.5 Å². The van der Waals surface area contributed by atoms with Crippen LogP contribution in [-0.2, 0) is 16.6 Å². The molecule has 3 heterocycles. The Morgan fingerprint density at radius 1 is 0.852 bits per heavy atom. The first-order valence-corrected chi connectivity index (χ1v) is 10.6. The molecule has 2 aromatic carbocycles. The van der Waals surface area contributed by atoms with E-state index in [9.17, 15) is 4.21 Å². The molecular weight excluding hydrogens is 376 g/mol. The molecule has 3 aromatic heterocycles. The number of rotatable bonds is 4. The third-order valence-electron chi connectivity index (χ3n) is 4.22. The van der Waals surface area contributed by atoms with E-state index < -0.39 is 10.8 Å². The first-order chi connectivity index (χ1) is 13.3. The average Bonchev–Trinajstić information content (AvgIpc) is 3.36. The Bertz CT molecular complexity index is 1240. The summed E-state index contributed by atoms with van der Waals surface area (Å²) in [7, 11) is -1.37. The van der Waals surface area contributed by atoms with Crippen molar-refractivity contribution in [2.24, 2.45) is 0 Å². The molecule has 5 aromatic rings. The summed E-state index contributed by atoms with van der Waals surface area (Å²) in [5.41, 5.74) is 4.02. The van der Waals surface area contributed by atoms with Crippen LogP contribution in [0.4, 0.5) is 0 Å². The summed E-state index contributed by atoms with van der Waals surface area (Å²) < 4.78 is 13.2. The zero-order valence-corrected chi connectivity index (χ0v) is 15.8. The van der Waals surface area contributed by atoms with E-state index in [4.69, 9.17) is 4.98 Å². The highest BCUT2D eigenvalue weighted by Crippen LogP contribution is 2.30. The molecule has 132 valence electrons. The molecule has 0 aliphatic rings. The lowest BCUT2D eigenvalue weighted by molar-refractivity contribution is 0.679. The largest absolute Gasteiger partial charge is 0.341 e. The normalized spacial score (nSPS) is 12.6. The summed E-state index contributed by atoms with van der Waals surface area (Å²) >= 11 is 1.57. The number of aromatic amines is 1. The van der Waals surface area contributed by atoms with E-state index in [2.05, 4.69) is 15.0 Å². The van der Waals surface area contributed by atoms with Crippen molar-refractivity contribution in [3.05, 3.63) is 71.9 Å². The molecular formula is C20H14N4OS2. The van der Waals surface area contributed by atoms with E-state index in [1.165, 1.54) is 0 Å². The molecule has 0 aliphatic heterocycles. The Hall–Kier alpha value is -2.90. The Morgan fingerprint density at radius 3 is 2.33 bits per heavy atom. The van der Waals surface area contributed by atoms with Gasteiger partial charge >= 0.3 is 0 Å². The van der Waals surface area contributed by atoms with E-state index in [1.54, 1.807) is 11.3 Å². The molecule has 0 amide bonds. The van der Waals surface area contributed by atoms with Crippen LogP contribution >= 0.6 is 11.3 Å². The van der Waals surface area contributed by atoms with Gasteiger partial charge in [0.25, 0.3) is 0 Å². The number of fused-ring (bicyclic) bond motifs is 2. The molecule has 0 saturated heterocycles. The molecule has 5 rings (SSSR count). The highest BCUT2D eigenvalue weighted by molar-refractivity contribution is 7.84. The highest BCUT2D eigenvalue weighted by Gasteiger charge is 2.19. The summed E-state index contributed by atoms with van der Waals surface area (Å²) in [6, 6.07) is 19.4. The highest BCUT2D eigenvalue weighted by atomic mass is 32.2. The average molecular weight is 390 g/mol. The molecule has 0 radical (unpaired) electrons. The van der Waals surface area contributed by atoms with Crippen LogP contribution in [0, 0.1) is 0 Å². The zero-order valence-electron chi connectivity index (χ0n) is 14.1. The van der Waals surface area contributed by atoms with Crippen LogP contribution in [0.25, 0.3) is 32.6 Å². The third-order valence-corrected chi connectivity index (χ3v) is 6.34. The monoisotopic (exact) mass is 390 g/mol. The fraction of sp³-hybridized carbons (Fsp3) is 0.0500. The van der Waals surface area contributed by atoms with Crippen LogP contribution in [0.5, 0.6) is 0 Å². The summed E-state index contributed by atoms with van der Waals surface area (Å²) in [4.78, 5) is 18.2. The van der Waals surface area contributed by atoms with Crippen molar-refractivity contribution in [2.45, 2.75) is 10.8 Å². The van der Waals surface area contributed by atoms with E-state index in [1.807, 2.05) is 66.0 Å². The number of benzene rings is 2. The lowest BCUT2D eigenvalue weighted by atomic mass is 10.3. The number of hydrogen-bond donors (Lipinski definition) is 1. The van der Waals surface area contributed by atoms with Gasteiger partial charge in [-0.2, -0.15) is 0 Å². The van der Waals surface area contributed by atoms with Gasteiger partial charge in [0, 0.05) is 0 Å². The second-order valence-corrected chi connectivity index (χ2v) is 8.35. The van der Waals surface area contributed by atoms with Crippen molar-refractivity contribution in [3.63, 3.8) is 0 Å². The fourth-order valence-electron chi connectivity index (χ4n) is 2.98. The number of para-hydroxylation sites is 4. The number of hydrogen-bond acceptors (Lipinski definition) is 5. The van der Waals surface area contributed by atoms with Crippen LogP contribution < -0.4 is 0 Å². The predicted molar refractivity (Wildman–Crippen MR) is 109 cm³/mol. The summed E-state index contributed by atoms with van der Waals surface area (Å²) in [5, 5.41) is 2.48. The van der Waals surface area contributed by atoms with Crippen molar-refractivity contribution >= 4 is 44.2 Å². The quantitative estimate of drug-likeness (QED) is 0.489. The minimum Gasteiger partial charge on any atom is -0.341 e. The maximum atomic E-state index is 13.2. The fourth-order valence-corrected chi connectivity index (χ4v) is 4.86. The maximum Gasteiger partial charge on any atom is 0.155 e. The van der Waals surface area contributed by atoms with Crippen LogP contribution in [0.1, 0.15) is 5.82 Å². The van der Waals surface area contributed by atoms with Gasteiger partial charge in [0.1, 0.15) is 11.5 Å². The van der Waals surface area contributed by atoms with Gasteiger partial charge in [-0.05, 0) is 35.7 Å². The van der Waals surface area contributed by atoms with E-state index >= 15 is 0 Å².